The van der Waals surface area contributed by atoms with Crippen molar-refractivity contribution in [2.24, 2.45) is 0 Å². The van der Waals surface area contributed by atoms with Crippen LogP contribution in [0, 0.1) is 0 Å². The third-order valence-electron chi connectivity index (χ3n) is 9.68. The summed E-state index contributed by atoms with van der Waals surface area (Å²) in [6.07, 6.45) is 0. The summed E-state index contributed by atoms with van der Waals surface area (Å²) >= 11 is 1.87. The van der Waals surface area contributed by atoms with Crippen LogP contribution in [0.3, 0.4) is 0 Å². The molecule has 2 aromatic heterocycles. The van der Waals surface area contributed by atoms with Crippen molar-refractivity contribution in [1.82, 2.24) is 0 Å². The van der Waals surface area contributed by atoms with Gasteiger partial charge in [-0.15, -0.1) is 11.3 Å². The molecule has 2 nitrogen and oxygen atoms in total. The minimum atomic E-state index is 0.878. The first-order chi connectivity index (χ1) is 24.3. The molecule has 3 heteroatoms. The average molecular weight is 644 g/mol. The van der Waals surface area contributed by atoms with E-state index >= 15 is 0 Å². The molecule has 2 heterocycles. The number of nitrogens with zero attached hydrogens (tertiary/aromatic N) is 1. The Labute approximate surface area is 287 Å². The van der Waals surface area contributed by atoms with Gasteiger partial charge < -0.3 is 9.32 Å². The van der Waals surface area contributed by atoms with Gasteiger partial charge in [0.2, 0.25) is 0 Å². The number of benzene rings is 8. The second-order valence-electron chi connectivity index (χ2n) is 12.5. The zero-order chi connectivity index (χ0) is 32.3. The van der Waals surface area contributed by atoms with Crippen molar-refractivity contribution >= 4 is 81.3 Å². The first-order valence-electron chi connectivity index (χ1n) is 16.6. The molecular formula is C46H29NOS. The molecular weight excluding hydrogens is 615 g/mol. The molecule has 0 saturated carbocycles. The summed E-state index contributed by atoms with van der Waals surface area (Å²) < 4.78 is 9.27. The Bertz CT molecular complexity index is 2810. The lowest BCUT2D eigenvalue weighted by Crippen LogP contribution is -2.10. The molecule has 0 saturated heterocycles. The van der Waals surface area contributed by atoms with Gasteiger partial charge >= 0.3 is 0 Å². The number of thiophene rings is 1. The fourth-order valence-corrected chi connectivity index (χ4v) is 8.59. The van der Waals surface area contributed by atoms with Crippen molar-refractivity contribution in [3.8, 4) is 22.3 Å². The van der Waals surface area contributed by atoms with Gasteiger partial charge in [-0.05, 0) is 76.2 Å². The Morgan fingerprint density at radius 3 is 1.90 bits per heavy atom. The summed E-state index contributed by atoms with van der Waals surface area (Å²) in [5, 5.41) is 7.15. The van der Waals surface area contributed by atoms with Gasteiger partial charge in [0.1, 0.15) is 11.2 Å². The van der Waals surface area contributed by atoms with Gasteiger partial charge in [0.05, 0.1) is 11.1 Å². The maximum Gasteiger partial charge on any atom is 0.143 e. The van der Waals surface area contributed by atoms with E-state index in [2.05, 4.69) is 181 Å². The van der Waals surface area contributed by atoms with E-state index in [-0.39, 0.29) is 0 Å². The van der Waals surface area contributed by atoms with Crippen LogP contribution in [0.5, 0.6) is 0 Å². The summed E-state index contributed by atoms with van der Waals surface area (Å²) in [6, 6.07) is 63.1. The van der Waals surface area contributed by atoms with Crippen LogP contribution in [0.4, 0.5) is 17.1 Å². The van der Waals surface area contributed by atoms with E-state index in [4.69, 9.17) is 4.42 Å². The van der Waals surface area contributed by atoms with E-state index in [9.17, 15) is 0 Å². The van der Waals surface area contributed by atoms with Crippen molar-refractivity contribution in [2.75, 3.05) is 4.90 Å². The van der Waals surface area contributed by atoms with Crippen LogP contribution < -0.4 is 4.90 Å². The molecule has 0 unspecified atom stereocenters. The fourth-order valence-electron chi connectivity index (χ4n) is 7.35. The van der Waals surface area contributed by atoms with Crippen LogP contribution >= 0.6 is 11.3 Å². The van der Waals surface area contributed by atoms with Gasteiger partial charge in [-0.3, -0.25) is 0 Å². The van der Waals surface area contributed by atoms with Crippen LogP contribution in [0.1, 0.15) is 0 Å². The number of rotatable bonds is 5. The van der Waals surface area contributed by atoms with Gasteiger partial charge in [-0.2, -0.15) is 0 Å². The molecule has 10 aromatic rings. The lowest BCUT2D eigenvalue weighted by atomic mass is 10.0. The lowest BCUT2D eigenvalue weighted by molar-refractivity contribution is 0.672. The minimum Gasteiger partial charge on any atom is -0.455 e. The molecule has 49 heavy (non-hydrogen) atoms. The Balaban J connectivity index is 1.15. The van der Waals surface area contributed by atoms with Crippen LogP contribution in [-0.2, 0) is 0 Å². The summed E-state index contributed by atoms with van der Waals surface area (Å²) in [7, 11) is 0. The zero-order valence-corrected chi connectivity index (χ0v) is 27.3. The third kappa shape index (κ3) is 4.55. The topological polar surface area (TPSA) is 16.4 Å². The van der Waals surface area contributed by atoms with Crippen LogP contribution in [-0.4, -0.2) is 0 Å². The van der Waals surface area contributed by atoms with Gasteiger partial charge in [-0.1, -0.05) is 127 Å². The first kappa shape index (κ1) is 27.9. The molecule has 0 atom stereocenters. The normalized spacial score (nSPS) is 11.7. The zero-order valence-electron chi connectivity index (χ0n) is 26.5. The number of fused-ring (bicyclic) bond motifs is 8. The Hall–Kier alpha value is -6.16. The molecule has 0 radical (unpaired) electrons. The summed E-state index contributed by atoms with van der Waals surface area (Å²) in [5.41, 5.74) is 9.92. The molecule has 230 valence electrons. The monoisotopic (exact) mass is 643 g/mol. The highest BCUT2D eigenvalue weighted by Gasteiger charge is 2.21. The minimum absolute atomic E-state index is 0.878. The quantitative estimate of drug-likeness (QED) is 0.186. The van der Waals surface area contributed by atoms with Crippen LogP contribution in [0.15, 0.2) is 180 Å². The Kier molecular flexibility index (Phi) is 6.39. The van der Waals surface area contributed by atoms with Gasteiger partial charge in [0.25, 0.3) is 0 Å². The molecule has 0 fully saturated rings. The van der Waals surface area contributed by atoms with Crippen molar-refractivity contribution in [3.05, 3.63) is 176 Å². The average Bonchev–Trinajstić information content (AvgIpc) is 3.75. The van der Waals surface area contributed by atoms with E-state index in [0.29, 0.717) is 0 Å². The molecule has 8 aromatic carbocycles. The van der Waals surface area contributed by atoms with E-state index in [1.54, 1.807) is 0 Å². The molecule has 0 aliphatic rings. The van der Waals surface area contributed by atoms with Crippen molar-refractivity contribution in [1.29, 1.82) is 0 Å². The Morgan fingerprint density at radius 2 is 1.08 bits per heavy atom. The van der Waals surface area contributed by atoms with Gasteiger partial charge in [-0.25, -0.2) is 0 Å². The van der Waals surface area contributed by atoms with Gasteiger partial charge in [0.15, 0.2) is 0 Å². The standard InChI is InChI=1S/C46H29NOS/c1-2-10-30(11-3-1)31-20-25-34(26-21-31)47(41-17-9-18-42-44(41)40-29-24-32-12-4-5-13-36(32)45(40)48-42)35-27-22-33(23-28-35)37-15-8-16-39-38-14-6-7-19-43(38)49-46(37)39/h1-29H. The molecule has 0 aliphatic heterocycles. The van der Waals surface area contributed by atoms with E-state index in [1.807, 2.05) is 11.3 Å². The first-order valence-corrected chi connectivity index (χ1v) is 17.4. The van der Waals surface area contributed by atoms with E-state index < -0.39 is 0 Å². The molecule has 0 amide bonds. The van der Waals surface area contributed by atoms with Crippen molar-refractivity contribution in [2.45, 2.75) is 0 Å². The Morgan fingerprint density at radius 1 is 0.429 bits per heavy atom. The summed E-state index contributed by atoms with van der Waals surface area (Å²) in [4.78, 5) is 2.37. The maximum absolute atomic E-state index is 6.62. The lowest BCUT2D eigenvalue weighted by Gasteiger charge is -2.26. The maximum atomic E-state index is 6.62. The number of anilines is 3. The van der Waals surface area contributed by atoms with Crippen molar-refractivity contribution < 1.29 is 4.42 Å². The van der Waals surface area contributed by atoms with Crippen molar-refractivity contribution in [3.63, 3.8) is 0 Å². The fraction of sp³-hybridized carbons (Fsp3) is 0. The van der Waals surface area contributed by atoms with E-state index in [1.165, 1.54) is 47.8 Å². The van der Waals surface area contributed by atoms with E-state index in [0.717, 1.165) is 44.4 Å². The molecule has 0 N–H and O–H groups in total. The molecule has 0 bridgehead atoms. The molecule has 0 spiro atoms. The smallest absolute Gasteiger partial charge is 0.143 e. The third-order valence-corrected chi connectivity index (χ3v) is 10.9. The number of hydrogen-bond acceptors (Lipinski definition) is 3. The second kappa shape index (κ2) is 11.2. The highest BCUT2D eigenvalue weighted by molar-refractivity contribution is 7.26. The van der Waals surface area contributed by atoms with Crippen LogP contribution in [0.25, 0.3) is 75.1 Å². The predicted octanol–water partition coefficient (Wildman–Crippen LogP) is 13.9. The molecule has 10 rings (SSSR count). The highest BCUT2D eigenvalue weighted by Crippen LogP contribution is 2.45. The largest absolute Gasteiger partial charge is 0.455 e. The highest BCUT2D eigenvalue weighted by atomic mass is 32.1. The summed E-state index contributed by atoms with van der Waals surface area (Å²) in [6.45, 7) is 0. The van der Waals surface area contributed by atoms with Crippen LogP contribution in [0.2, 0.25) is 0 Å². The predicted molar refractivity (Wildman–Crippen MR) is 210 cm³/mol. The number of furan rings is 1. The second-order valence-corrected chi connectivity index (χ2v) is 13.5. The summed E-state index contributed by atoms with van der Waals surface area (Å²) in [5.74, 6) is 0. The van der Waals surface area contributed by atoms with Gasteiger partial charge in [0, 0.05) is 42.3 Å². The molecule has 0 aliphatic carbocycles. The number of hydrogen-bond donors (Lipinski definition) is 0. The SMILES string of the molecule is c1ccc(-c2ccc(N(c3ccc(-c4cccc5c4sc4ccccc45)cc3)c3cccc4oc5c6ccccc6ccc5c34)cc2)cc1.